The first kappa shape index (κ1) is 17.3. The average molecular weight is 347 g/mol. The summed E-state index contributed by atoms with van der Waals surface area (Å²) in [6.07, 6.45) is 0. The Hall–Kier alpha value is -2.49. The van der Waals surface area contributed by atoms with Crippen LogP contribution in [-0.2, 0) is 0 Å². The maximum absolute atomic E-state index is 10.1. The minimum atomic E-state index is -0.110. The van der Waals surface area contributed by atoms with Gasteiger partial charge in [0.1, 0.15) is 4.99 Å². The van der Waals surface area contributed by atoms with Crippen molar-refractivity contribution in [1.82, 2.24) is 5.32 Å². The largest absolute Gasteiger partial charge is 0.396 e. The molecular weight excluding hydrogens is 326 g/mol. The molecule has 0 aliphatic rings. The van der Waals surface area contributed by atoms with Gasteiger partial charge in [-0.1, -0.05) is 103 Å². The number of aliphatic hydroxyl groups is 1. The zero-order chi connectivity index (χ0) is 17.5. The molecule has 3 heteroatoms. The summed E-state index contributed by atoms with van der Waals surface area (Å²) >= 11 is 5.62. The molecule has 0 amide bonds. The number of hydrogen-bond donors (Lipinski definition) is 2. The number of aliphatic hydroxyl groups excluding tert-OH is 1. The lowest BCUT2D eigenvalue weighted by Gasteiger charge is -2.29. The van der Waals surface area contributed by atoms with E-state index >= 15 is 0 Å². The van der Waals surface area contributed by atoms with Crippen LogP contribution in [0, 0.1) is 0 Å². The van der Waals surface area contributed by atoms with E-state index in [1.54, 1.807) is 0 Å². The molecule has 2 nitrogen and oxygen atoms in total. The fourth-order valence-corrected chi connectivity index (χ4v) is 3.26. The van der Waals surface area contributed by atoms with Crippen molar-refractivity contribution in [3.05, 3.63) is 108 Å². The first-order valence-electron chi connectivity index (χ1n) is 8.36. The molecule has 0 heterocycles. The normalized spacial score (nSPS) is 13.0. The summed E-state index contributed by atoms with van der Waals surface area (Å²) < 4.78 is 0. The van der Waals surface area contributed by atoms with Crippen molar-refractivity contribution in [2.24, 2.45) is 0 Å². The highest BCUT2D eigenvalue weighted by molar-refractivity contribution is 7.80. The smallest absolute Gasteiger partial charge is 0.107 e. The van der Waals surface area contributed by atoms with Crippen molar-refractivity contribution in [3.8, 4) is 0 Å². The Balaban J connectivity index is 1.94. The molecule has 0 bridgehead atoms. The fraction of sp³-hybridized carbons (Fsp3) is 0.136. The van der Waals surface area contributed by atoms with Crippen molar-refractivity contribution < 1.29 is 5.11 Å². The molecule has 126 valence electrons. The second kappa shape index (κ2) is 8.56. The van der Waals surface area contributed by atoms with Gasteiger partial charge in [-0.05, 0) is 11.1 Å². The molecule has 25 heavy (non-hydrogen) atoms. The van der Waals surface area contributed by atoms with E-state index < -0.39 is 0 Å². The lowest BCUT2D eigenvalue weighted by Crippen LogP contribution is -2.33. The fourth-order valence-electron chi connectivity index (χ4n) is 2.99. The number of hydrogen-bond acceptors (Lipinski definition) is 2. The van der Waals surface area contributed by atoms with Crippen molar-refractivity contribution >= 4 is 17.2 Å². The van der Waals surface area contributed by atoms with Crippen molar-refractivity contribution in [3.63, 3.8) is 0 Å². The molecule has 2 N–H and O–H groups in total. The van der Waals surface area contributed by atoms with Gasteiger partial charge in [-0.15, -0.1) is 0 Å². The Morgan fingerprint density at radius 1 is 0.760 bits per heavy atom. The van der Waals surface area contributed by atoms with Crippen molar-refractivity contribution in [2.45, 2.75) is 12.0 Å². The summed E-state index contributed by atoms with van der Waals surface area (Å²) in [7, 11) is 0. The minimum absolute atomic E-state index is 0.0357. The van der Waals surface area contributed by atoms with Gasteiger partial charge in [-0.3, -0.25) is 0 Å². The molecule has 3 aromatic carbocycles. The molecule has 0 saturated carbocycles. The Morgan fingerprint density at radius 2 is 1.24 bits per heavy atom. The Morgan fingerprint density at radius 3 is 1.76 bits per heavy atom. The molecule has 3 rings (SSSR count). The molecule has 0 aliphatic heterocycles. The highest BCUT2D eigenvalue weighted by atomic mass is 32.1. The minimum Gasteiger partial charge on any atom is -0.396 e. The van der Waals surface area contributed by atoms with Gasteiger partial charge < -0.3 is 10.4 Å². The topological polar surface area (TPSA) is 32.3 Å². The molecule has 2 atom stereocenters. The van der Waals surface area contributed by atoms with Crippen molar-refractivity contribution in [2.75, 3.05) is 6.61 Å². The standard InChI is InChI=1S/C22H21NOS/c24-16-20(17-10-4-1-5-11-17)21(18-12-6-2-7-13-18)23-22(25)19-14-8-3-9-15-19/h1-15,20-21,24H,16H2,(H,23,25)/t20-,21+/m1/s1. The third-order valence-electron chi connectivity index (χ3n) is 4.31. The summed E-state index contributed by atoms with van der Waals surface area (Å²) in [5.74, 6) is -0.0923. The molecule has 0 fully saturated rings. The van der Waals surface area contributed by atoms with E-state index in [1.165, 1.54) is 0 Å². The predicted molar refractivity (Wildman–Crippen MR) is 107 cm³/mol. The first-order valence-corrected chi connectivity index (χ1v) is 8.77. The monoisotopic (exact) mass is 347 g/mol. The number of benzene rings is 3. The van der Waals surface area contributed by atoms with Gasteiger partial charge in [0, 0.05) is 11.5 Å². The lowest BCUT2D eigenvalue weighted by molar-refractivity contribution is 0.243. The molecular formula is C22H21NOS. The van der Waals surface area contributed by atoms with Gasteiger partial charge in [-0.25, -0.2) is 0 Å². The summed E-state index contributed by atoms with van der Waals surface area (Å²) in [6, 6.07) is 30.0. The van der Waals surface area contributed by atoms with E-state index in [1.807, 2.05) is 78.9 Å². The molecule has 0 spiro atoms. The Labute approximate surface area is 154 Å². The molecule has 0 aliphatic carbocycles. The van der Waals surface area contributed by atoms with Crippen LogP contribution in [0.4, 0.5) is 0 Å². The van der Waals surface area contributed by atoms with Crippen LogP contribution in [-0.4, -0.2) is 16.7 Å². The highest BCUT2D eigenvalue weighted by Gasteiger charge is 2.25. The Bertz CT molecular complexity index is 790. The zero-order valence-corrected chi connectivity index (χ0v) is 14.7. The number of nitrogens with one attached hydrogen (secondary N) is 1. The van der Waals surface area contributed by atoms with Crippen LogP contribution in [0.2, 0.25) is 0 Å². The molecule has 0 saturated heterocycles. The summed E-state index contributed by atoms with van der Waals surface area (Å²) in [6.45, 7) is 0.0357. The summed E-state index contributed by atoms with van der Waals surface area (Å²) in [4.78, 5) is 0.684. The van der Waals surface area contributed by atoms with E-state index in [-0.39, 0.29) is 18.6 Å². The maximum Gasteiger partial charge on any atom is 0.107 e. The van der Waals surface area contributed by atoms with Crippen LogP contribution in [0.5, 0.6) is 0 Å². The van der Waals surface area contributed by atoms with Gasteiger partial charge in [0.15, 0.2) is 0 Å². The van der Waals surface area contributed by atoms with Crippen LogP contribution < -0.4 is 5.32 Å². The van der Waals surface area contributed by atoms with E-state index in [0.29, 0.717) is 4.99 Å². The molecule has 0 radical (unpaired) electrons. The van der Waals surface area contributed by atoms with Gasteiger partial charge in [0.2, 0.25) is 0 Å². The predicted octanol–water partition coefficient (Wildman–Crippen LogP) is 4.47. The summed E-state index contributed by atoms with van der Waals surface area (Å²) in [5, 5.41) is 13.6. The third kappa shape index (κ3) is 4.32. The second-order valence-corrected chi connectivity index (χ2v) is 6.34. The highest BCUT2D eigenvalue weighted by Crippen LogP contribution is 2.31. The number of thiocarbonyl (C=S) groups is 1. The third-order valence-corrected chi connectivity index (χ3v) is 4.66. The zero-order valence-electron chi connectivity index (χ0n) is 13.9. The quantitative estimate of drug-likeness (QED) is 0.645. The SMILES string of the molecule is OC[C@H](c1ccccc1)[C@@H](NC(=S)c1ccccc1)c1ccccc1. The first-order chi connectivity index (χ1) is 12.3. The second-order valence-electron chi connectivity index (χ2n) is 5.93. The van der Waals surface area contributed by atoms with E-state index in [0.717, 1.165) is 16.7 Å². The average Bonchev–Trinajstić information content (AvgIpc) is 2.70. The maximum atomic E-state index is 10.1. The van der Waals surface area contributed by atoms with Crippen molar-refractivity contribution in [1.29, 1.82) is 0 Å². The van der Waals surface area contributed by atoms with E-state index in [4.69, 9.17) is 12.2 Å². The van der Waals surface area contributed by atoms with Crippen LogP contribution >= 0.6 is 12.2 Å². The number of rotatable bonds is 6. The van der Waals surface area contributed by atoms with Gasteiger partial charge in [0.25, 0.3) is 0 Å². The van der Waals surface area contributed by atoms with Gasteiger partial charge in [-0.2, -0.15) is 0 Å². The van der Waals surface area contributed by atoms with Crippen LogP contribution in [0.25, 0.3) is 0 Å². The van der Waals surface area contributed by atoms with Crippen LogP contribution in [0.15, 0.2) is 91.0 Å². The van der Waals surface area contributed by atoms with E-state index in [9.17, 15) is 5.11 Å². The van der Waals surface area contributed by atoms with E-state index in [2.05, 4.69) is 17.4 Å². The lowest BCUT2D eigenvalue weighted by atomic mass is 9.87. The molecule has 0 unspecified atom stereocenters. The van der Waals surface area contributed by atoms with Gasteiger partial charge in [0.05, 0.1) is 12.6 Å². The molecule has 0 aromatic heterocycles. The molecule has 3 aromatic rings. The van der Waals surface area contributed by atoms with Gasteiger partial charge >= 0.3 is 0 Å². The summed E-state index contributed by atoms with van der Waals surface area (Å²) in [5.41, 5.74) is 3.16. The van der Waals surface area contributed by atoms with Crippen LogP contribution in [0.3, 0.4) is 0 Å². The Kier molecular flexibility index (Phi) is 5.94. The van der Waals surface area contributed by atoms with Crippen LogP contribution in [0.1, 0.15) is 28.7 Å².